The maximum atomic E-state index is 12.5. The fraction of sp³-hybridized carbons (Fsp3) is 0.389. The van der Waals surface area contributed by atoms with Gasteiger partial charge in [0.25, 0.3) is 5.56 Å². The molecular weight excluding hydrogens is 384 g/mol. The van der Waals surface area contributed by atoms with Crippen molar-refractivity contribution >= 4 is 28.8 Å². The van der Waals surface area contributed by atoms with Crippen molar-refractivity contribution in [3.05, 3.63) is 45.7 Å². The number of rotatable bonds is 7. The van der Waals surface area contributed by atoms with Gasteiger partial charge in [-0.3, -0.25) is 14.0 Å². The number of hydrogen-bond acceptors (Lipinski definition) is 6. The number of carbonyl (C=O) groups is 1. The molecule has 1 N–H and O–H groups in total. The van der Waals surface area contributed by atoms with E-state index in [9.17, 15) is 9.59 Å². The molecule has 0 radical (unpaired) electrons. The van der Waals surface area contributed by atoms with Crippen molar-refractivity contribution in [3.8, 4) is 5.75 Å². The summed E-state index contributed by atoms with van der Waals surface area (Å²) in [6, 6.07) is 3.42. The average Bonchev–Trinajstić information content (AvgIpc) is 3.12. The summed E-state index contributed by atoms with van der Waals surface area (Å²) >= 11 is 6.23. The van der Waals surface area contributed by atoms with Crippen molar-refractivity contribution < 1.29 is 9.53 Å². The van der Waals surface area contributed by atoms with Crippen LogP contribution in [0.25, 0.3) is 5.65 Å². The van der Waals surface area contributed by atoms with Crippen LogP contribution in [0.4, 0.5) is 5.69 Å². The molecule has 1 amide bonds. The highest BCUT2D eigenvalue weighted by Gasteiger charge is 2.21. The van der Waals surface area contributed by atoms with Gasteiger partial charge >= 0.3 is 0 Å². The molecule has 0 fully saturated rings. The normalized spacial score (nSPS) is 11.2. The van der Waals surface area contributed by atoms with Gasteiger partial charge in [0.05, 0.1) is 12.3 Å². The molecule has 3 aromatic heterocycles. The highest BCUT2D eigenvalue weighted by atomic mass is 35.5. The number of pyridine rings is 1. The molecule has 0 spiro atoms. The Labute approximate surface area is 166 Å². The first-order valence-corrected chi connectivity index (χ1v) is 9.31. The standard InChI is InChI=1S/C18H21ClN6O3/c1-4-7-28-17-15(19)18(27)25(23-16(17)11(2)3)9-14(26)21-12-5-6-13-22-20-10-24(13)8-12/h5-6,8,10-11H,4,7,9H2,1-3H3,(H,21,26). The fourth-order valence-corrected chi connectivity index (χ4v) is 2.86. The van der Waals surface area contributed by atoms with Gasteiger partial charge in [-0.25, -0.2) is 4.68 Å². The van der Waals surface area contributed by atoms with Gasteiger partial charge < -0.3 is 10.1 Å². The molecule has 28 heavy (non-hydrogen) atoms. The third kappa shape index (κ3) is 4.14. The van der Waals surface area contributed by atoms with Crippen LogP contribution in [0.15, 0.2) is 29.5 Å². The summed E-state index contributed by atoms with van der Waals surface area (Å²) < 4.78 is 8.36. The van der Waals surface area contributed by atoms with Crippen LogP contribution in [0.5, 0.6) is 5.75 Å². The van der Waals surface area contributed by atoms with Gasteiger partial charge in [0.15, 0.2) is 16.4 Å². The molecule has 3 aromatic rings. The molecule has 0 aromatic carbocycles. The van der Waals surface area contributed by atoms with E-state index in [1.807, 2.05) is 20.8 Å². The minimum Gasteiger partial charge on any atom is -0.490 e. The second-order valence-electron chi connectivity index (χ2n) is 6.56. The highest BCUT2D eigenvalue weighted by molar-refractivity contribution is 6.31. The van der Waals surface area contributed by atoms with Crippen LogP contribution in [0.1, 0.15) is 38.8 Å². The smallest absolute Gasteiger partial charge is 0.289 e. The number of amides is 1. The third-order valence-electron chi connectivity index (χ3n) is 3.95. The van der Waals surface area contributed by atoms with Crippen molar-refractivity contribution in [2.24, 2.45) is 0 Å². The molecule has 9 nitrogen and oxygen atoms in total. The maximum Gasteiger partial charge on any atom is 0.289 e. The van der Waals surface area contributed by atoms with Crippen molar-refractivity contribution in [2.45, 2.75) is 39.7 Å². The van der Waals surface area contributed by atoms with Gasteiger partial charge in [-0.05, 0) is 18.6 Å². The lowest BCUT2D eigenvalue weighted by atomic mass is 10.1. The Bertz CT molecular complexity index is 1060. The third-order valence-corrected chi connectivity index (χ3v) is 4.28. The number of fused-ring (bicyclic) bond motifs is 1. The van der Waals surface area contributed by atoms with Gasteiger partial charge in [0.2, 0.25) is 5.91 Å². The van der Waals surface area contributed by atoms with Crippen LogP contribution < -0.4 is 15.6 Å². The lowest BCUT2D eigenvalue weighted by Crippen LogP contribution is -2.31. The van der Waals surface area contributed by atoms with E-state index in [0.717, 1.165) is 11.1 Å². The average molecular weight is 405 g/mol. The van der Waals surface area contributed by atoms with Crippen molar-refractivity contribution in [2.75, 3.05) is 11.9 Å². The van der Waals surface area contributed by atoms with E-state index in [1.54, 1.807) is 22.7 Å². The summed E-state index contributed by atoms with van der Waals surface area (Å²) in [6.07, 6.45) is 3.98. The zero-order chi connectivity index (χ0) is 20.3. The van der Waals surface area contributed by atoms with Gasteiger partial charge in [-0.2, -0.15) is 5.10 Å². The number of halogens is 1. The lowest BCUT2D eigenvalue weighted by Gasteiger charge is -2.16. The Hall–Kier alpha value is -2.94. The first-order chi connectivity index (χ1) is 13.4. The second-order valence-corrected chi connectivity index (χ2v) is 6.93. The summed E-state index contributed by atoms with van der Waals surface area (Å²) in [6.45, 7) is 5.95. The minimum absolute atomic E-state index is 0.0320. The quantitative estimate of drug-likeness (QED) is 0.648. The molecule has 0 saturated heterocycles. The Morgan fingerprint density at radius 2 is 2.14 bits per heavy atom. The largest absolute Gasteiger partial charge is 0.490 e. The van der Waals surface area contributed by atoms with E-state index in [0.29, 0.717) is 29.4 Å². The lowest BCUT2D eigenvalue weighted by molar-refractivity contribution is -0.117. The van der Waals surface area contributed by atoms with Crippen LogP contribution in [0.2, 0.25) is 5.02 Å². The molecule has 0 unspecified atom stereocenters. The number of carbonyl (C=O) groups excluding carboxylic acids is 1. The number of aromatic nitrogens is 5. The van der Waals surface area contributed by atoms with E-state index in [1.165, 1.54) is 6.33 Å². The Balaban J connectivity index is 1.84. The molecule has 0 aliphatic rings. The summed E-state index contributed by atoms with van der Waals surface area (Å²) in [5, 5.41) is 14.7. The predicted molar refractivity (Wildman–Crippen MR) is 105 cm³/mol. The molecule has 3 rings (SSSR count). The topological polar surface area (TPSA) is 103 Å². The molecule has 3 heterocycles. The zero-order valence-corrected chi connectivity index (χ0v) is 16.6. The van der Waals surface area contributed by atoms with Gasteiger partial charge in [0, 0.05) is 12.1 Å². The van der Waals surface area contributed by atoms with Crippen LogP contribution in [0.3, 0.4) is 0 Å². The Kier molecular flexibility index (Phi) is 5.93. The Morgan fingerprint density at radius 1 is 1.36 bits per heavy atom. The molecule has 0 saturated carbocycles. The van der Waals surface area contributed by atoms with Gasteiger partial charge in [-0.15, -0.1) is 10.2 Å². The molecule has 0 bridgehead atoms. The van der Waals surface area contributed by atoms with Gasteiger partial charge in [0.1, 0.15) is 18.6 Å². The molecule has 0 aliphatic heterocycles. The van der Waals surface area contributed by atoms with Crippen LogP contribution in [0, 0.1) is 0 Å². The molecular formula is C18H21ClN6O3. The first kappa shape index (κ1) is 19.8. The maximum absolute atomic E-state index is 12.5. The molecule has 0 aliphatic carbocycles. The van der Waals surface area contributed by atoms with E-state index in [-0.39, 0.29) is 17.5 Å². The van der Waals surface area contributed by atoms with Crippen LogP contribution >= 0.6 is 11.6 Å². The number of hydrogen-bond donors (Lipinski definition) is 1. The number of nitrogens with zero attached hydrogens (tertiary/aromatic N) is 5. The Morgan fingerprint density at radius 3 is 2.86 bits per heavy atom. The number of anilines is 1. The summed E-state index contributed by atoms with van der Waals surface area (Å²) in [4.78, 5) is 25.0. The number of nitrogens with one attached hydrogen (secondary N) is 1. The zero-order valence-electron chi connectivity index (χ0n) is 15.8. The highest BCUT2D eigenvalue weighted by Crippen LogP contribution is 2.29. The first-order valence-electron chi connectivity index (χ1n) is 8.93. The molecule has 10 heteroatoms. The fourth-order valence-electron chi connectivity index (χ4n) is 2.61. The molecule has 148 valence electrons. The van der Waals surface area contributed by atoms with Crippen LogP contribution in [-0.4, -0.2) is 36.9 Å². The minimum atomic E-state index is -0.568. The van der Waals surface area contributed by atoms with Crippen molar-refractivity contribution in [1.29, 1.82) is 0 Å². The van der Waals surface area contributed by atoms with E-state index >= 15 is 0 Å². The van der Waals surface area contributed by atoms with Crippen molar-refractivity contribution in [1.82, 2.24) is 24.4 Å². The van der Waals surface area contributed by atoms with Gasteiger partial charge in [-0.1, -0.05) is 32.4 Å². The summed E-state index contributed by atoms with van der Waals surface area (Å²) in [5.41, 5.74) is 1.17. The van der Waals surface area contributed by atoms with E-state index in [2.05, 4.69) is 20.6 Å². The summed E-state index contributed by atoms with van der Waals surface area (Å²) in [7, 11) is 0. The summed E-state index contributed by atoms with van der Waals surface area (Å²) in [5.74, 6) is -0.149. The second kappa shape index (κ2) is 8.39. The van der Waals surface area contributed by atoms with Crippen LogP contribution in [-0.2, 0) is 11.3 Å². The SMILES string of the molecule is CCCOc1c(C(C)C)nn(CC(=O)Nc2ccc3nncn3c2)c(=O)c1Cl. The number of ether oxygens (including phenoxy) is 1. The van der Waals surface area contributed by atoms with Crippen molar-refractivity contribution in [3.63, 3.8) is 0 Å². The molecule has 0 atom stereocenters. The predicted octanol–water partition coefficient (Wildman–Crippen LogP) is 2.49. The van der Waals surface area contributed by atoms with E-state index < -0.39 is 11.5 Å². The monoisotopic (exact) mass is 404 g/mol. The van der Waals surface area contributed by atoms with E-state index in [4.69, 9.17) is 16.3 Å².